The van der Waals surface area contributed by atoms with Crippen LogP contribution in [0.2, 0.25) is 0 Å². The topological polar surface area (TPSA) is 87.4 Å². The largest absolute Gasteiger partial charge is 0.497 e. The number of carbonyl (C=O) groups is 1. The molecule has 1 N–H and O–H groups in total. The second-order valence-electron chi connectivity index (χ2n) is 7.31. The summed E-state index contributed by atoms with van der Waals surface area (Å²) in [5.74, 6) is 1.41. The SMILES string of the molecule is COc1cccc(Cn2nc3n(c2=O)CCC(NC(=O)COC(C)C)CC3)c1. The average Bonchev–Trinajstić information content (AvgIpc) is 2.84. The van der Waals surface area contributed by atoms with Crippen LogP contribution in [0.1, 0.15) is 38.1 Å². The lowest BCUT2D eigenvalue weighted by Gasteiger charge is -2.16. The molecule has 0 spiro atoms. The number of hydrogen-bond acceptors (Lipinski definition) is 5. The maximum absolute atomic E-state index is 12.8. The Morgan fingerprint density at radius 2 is 2.18 bits per heavy atom. The highest BCUT2D eigenvalue weighted by molar-refractivity contribution is 5.77. The van der Waals surface area contributed by atoms with Gasteiger partial charge in [-0.3, -0.25) is 9.36 Å². The number of amides is 1. The normalized spacial score (nSPS) is 16.5. The Bertz CT molecular complexity index is 871. The van der Waals surface area contributed by atoms with Gasteiger partial charge in [0.2, 0.25) is 5.91 Å². The van der Waals surface area contributed by atoms with E-state index in [1.54, 1.807) is 11.7 Å². The van der Waals surface area contributed by atoms with Gasteiger partial charge in [0.1, 0.15) is 18.2 Å². The van der Waals surface area contributed by atoms with E-state index in [2.05, 4.69) is 10.4 Å². The van der Waals surface area contributed by atoms with Crippen molar-refractivity contribution in [1.29, 1.82) is 0 Å². The molecule has 1 unspecified atom stereocenters. The van der Waals surface area contributed by atoms with Crippen LogP contribution in [0.4, 0.5) is 0 Å². The van der Waals surface area contributed by atoms with E-state index in [-0.39, 0.29) is 30.3 Å². The van der Waals surface area contributed by atoms with E-state index in [0.29, 0.717) is 25.9 Å². The minimum atomic E-state index is -0.118. The van der Waals surface area contributed by atoms with E-state index in [1.165, 1.54) is 4.68 Å². The van der Waals surface area contributed by atoms with E-state index in [1.807, 2.05) is 38.1 Å². The van der Waals surface area contributed by atoms with Crippen molar-refractivity contribution in [2.45, 2.75) is 58.3 Å². The lowest BCUT2D eigenvalue weighted by atomic mass is 10.1. The van der Waals surface area contributed by atoms with Crippen LogP contribution in [0, 0.1) is 0 Å². The number of ether oxygens (including phenoxy) is 2. The monoisotopic (exact) mass is 388 g/mol. The van der Waals surface area contributed by atoms with Crippen molar-refractivity contribution in [3.63, 3.8) is 0 Å². The molecule has 152 valence electrons. The van der Waals surface area contributed by atoms with Crippen molar-refractivity contribution in [3.8, 4) is 5.75 Å². The molecule has 1 aromatic heterocycles. The molecular weight excluding hydrogens is 360 g/mol. The molecule has 2 aromatic rings. The number of hydrogen-bond donors (Lipinski definition) is 1. The third-order valence-corrected chi connectivity index (χ3v) is 4.80. The highest BCUT2D eigenvalue weighted by Gasteiger charge is 2.22. The minimum Gasteiger partial charge on any atom is -0.497 e. The second-order valence-corrected chi connectivity index (χ2v) is 7.31. The molecule has 1 amide bonds. The summed E-state index contributed by atoms with van der Waals surface area (Å²) < 4.78 is 13.8. The van der Waals surface area contributed by atoms with Crippen LogP contribution in [0.5, 0.6) is 5.75 Å². The van der Waals surface area contributed by atoms with Crippen molar-refractivity contribution in [3.05, 3.63) is 46.1 Å². The van der Waals surface area contributed by atoms with Crippen LogP contribution in [-0.4, -0.2) is 46.1 Å². The van der Waals surface area contributed by atoms with Gasteiger partial charge in [-0.05, 0) is 44.4 Å². The van der Waals surface area contributed by atoms with Gasteiger partial charge in [-0.15, -0.1) is 0 Å². The number of benzene rings is 1. The number of rotatable bonds is 7. The molecule has 0 bridgehead atoms. The maximum Gasteiger partial charge on any atom is 0.346 e. The number of methoxy groups -OCH3 is 1. The summed E-state index contributed by atoms with van der Waals surface area (Å²) in [6.45, 7) is 4.81. The standard InChI is InChI=1S/C20H28N4O4/c1-14(2)28-13-19(25)21-16-7-8-18-22-24(20(26)23(18)10-9-16)12-15-5-4-6-17(11-15)27-3/h4-6,11,14,16H,7-10,12-13H2,1-3H3,(H,21,25). The highest BCUT2D eigenvalue weighted by Crippen LogP contribution is 2.15. The van der Waals surface area contributed by atoms with E-state index >= 15 is 0 Å². The lowest BCUT2D eigenvalue weighted by molar-refractivity contribution is -0.127. The summed E-state index contributed by atoms with van der Waals surface area (Å²) in [5, 5.41) is 7.52. The number of fused-ring (bicyclic) bond motifs is 1. The fourth-order valence-corrected chi connectivity index (χ4v) is 3.33. The maximum atomic E-state index is 12.8. The molecule has 0 radical (unpaired) electrons. The van der Waals surface area contributed by atoms with Crippen molar-refractivity contribution >= 4 is 5.91 Å². The predicted octanol–water partition coefficient (Wildman–Crippen LogP) is 1.35. The summed E-state index contributed by atoms with van der Waals surface area (Å²) in [5.41, 5.74) is 0.845. The quantitative estimate of drug-likeness (QED) is 0.774. The van der Waals surface area contributed by atoms with Crippen molar-refractivity contribution in [1.82, 2.24) is 19.7 Å². The number of aryl methyl sites for hydroxylation is 1. The zero-order valence-electron chi connectivity index (χ0n) is 16.7. The Kier molecular flexibility index (Phi) is 6.51. The van der Waals surface area contributed by atoms with Crippen LogP contribution in [0.25, 0.3) is 0 Å². The molecule has 0 fully saturated rings. The van der Waals surface area contributed by atoms with Gasteiger partial charge in [-0.1, -0.05) is 12.1 Å². The van der Waals surface area contributed by atoms with Crippen LogP contribution < -0.4 is 15.7 Å². The third kappa shape index (κ3) is 5.01. The van der Waals surface area contributed by atoms with Gasteiger partial charge in [-0.25, -0.2) is 9.48 Å². The lowest BCUT2D eigenvalue weighted by Crippen LogP contribution is -2.38. The van der Waals surface area contributed by atoms with Gasteiger partial charge < -0.3 is 14.8 Å². The molecule has 3 rings (SSSR count). The fraction of sp³-hybridized carbons (Fsp3) is 0.550. The number of nitrogens with zero attached hydrogens (tertiary/aromatic N) is 3. The van der Waals surface area contributed by atoms with Crippen LogP contribution in [-0.2, 0) is 29.0 Å². The average molecular weight is 388 g/mol. The summed E-state index contributed by atoms with van der Waals surface area (Å²) in [7, 11) is 1.62. The molecule has 8 heteroatoms. The first-order valence-corrected chi connectivity index (χ1v) is 9.66. The van der Waals surface area contributed by atoms with Gasteiger partial charge in [0, 0.05) is 19.0 Å². The fourth-order valence-electron chi connectivity index (χ4n) is 3.33. The molecule has 1 aliphatic rings. The Balaban J connectivity index is 1.63. The minimum absolute atomic E-state index is 0.0212. The van der Waals surface area contributed by atoms with Gasteiger partial charge in [-0.2, -0.15) is 5.10 Å². The summed E-state index contributed by atoms with van der Waals surface area (Å²) in [6.07, 6.45) is 2.12. The molecule has 0 aliphatic carbocycles. The Labute approximate surface area is 164 Å². The summed E-state index contributed by atoms with van der Waals surface area (Å²) in [4.78, 5) is 24.7. The first kappa shape index (κ1) is 20.1. The van der Waals surface area contributed by atoms with E-state index in [0.717, 1.165) is 23.6 Å². The van der Waals surface area contributed by atoms with Gasteiger partial charge >= 0.3 is 5.69 Å². The molecule has 2 heterocycles. The molecule has 0 saturated heterocycles. The predicted molar refractivity (Wildman–Crippen MR) is 105 cm³/mol. The number of carbonyl (C=O) groups excluding carboxylic acids is 1. The van der Waals surface area contributed by atoms with Crippen molar-refractivity contribution in [2.24, 2.45) is 0 Å². The van der Waals surface area contributed by atoms with Gasteiger partial charge in [0.05, 0.1) is 19.8 Å². The van der Waals surface area contributed by atoms with E-state index in [9.17, 15) is 9.59 Å². The molecule has 0 saturated carbocycles. The third-order valence-electron chi connectivity index (χ3n) is 4.80. The first-order chi connectivity index (χ1) is 13.5. The first-order valence-electron chi connectivity index (χ1n) is 9.66. The van der Waals surface area contributed by atoms with Crippen LogP contribution >= 0.6 is 0 Å². The van der Waals surface area contributed by atoms with Crippen molar-refractivity contribution < 1.29 is 14.3 Å². The Morgan fingerprint density at radius 3 is 2.93 bits per heavy atom. The Hall–Kier alpha value is -2.61. The molecule has 8 nitrogen and oxygen atoms in total. The molecule has 1 atom stereocenters. The van der Waals surface area contributed by atoms with Crippen molar-refractivity contribution in [2.75, 3.05) is 13.7 Å². The molecule has 28 heavy (non-hydrogen) atoms. The van der Waals surface area contributed by atoms with Crippen LogP contribution in [0.3, 0.4) is 0 Å². The molecule has 1 aliphatic heterocycles. The van der Waals surface area contributed by atoms with Gasteiger partial charge in [0.15, 0.2) is 0 Å². The molecule has 1 aromatic carbocycles. The van der Waals surface area contributed by atoms with Crippen LogP contribution in [0.15, 0.2) is 29.1 Å². The van der Waals surface area contributed by atoms with Gasteiger partial charge in [0.25, 0.3) is 0 Å². The Morgan fingerprint density at radius 1 is 1.36 bits per heavy atom. The zero-order chi connectivity index (χ0) is 20.1. The smallest absolute Gasteiger partial charge is 0.346 e. The zero-order valence-corrected chi connectivity index (χ0v) is 16.7. The number of nitrogens with one attached hydrogen (secondary N) is 1. The summed E-state index contributed by atoms with van der Waals surface area (Å²) in [6, 6.07) is 7.65. The van der Waals surface area contributed by atoms with E-state index in [4.69, 9.17) is 9.47 Å². The molecular formula is C20H28N4O4. The highest BCUT2D eigenvalue weighted by atomic mass is 16.5. The summed E-state index contributed by atoms with van der Waals surface area (Å²) >= 11 is 0. The van der Waals surface area contributed by atoms with E-state index < -0.39 is 0 Å². The second kappa shape index (κ2) is 9.05. The number of aromatic nitrogens is 3.